The first-order valence-corrected chi connectivity index (χ1v) is 5.96. The third-order valence-corrected chi connectivity index (χ3v) is 3.00. The van der Waals surface area contributed by atoms with Gasteiger partial charge in [0, 0.05) is 25.9 Å². The number of pyridine rings is 1. The van der Waals surface area contributed by atoms with Crippen molar-refractivity contribution in [1.82, 2.24) is 4.98 Å². The Kier molecular flexibility index (Phi) is 3.63. The van der Waals surface area contributed by atoms with Crippen LogP contribution in [-0.4, -0.2) is 24.2 Å². The van der Waals surface area contributed by atoms with E-state index < -0.39 is 6.10 Å². The standard InChI is InChI=1S/C15H18N2O/c1-11-9-14(17(2)3)16-10-13(11)15(18)12-7-5-4-6-8-12/h4-10,15,18H,1-3H3. The summed E-state index contributed by atoms with van der Waals surface area (Å²) < 4.78 is 0. The Morgan fingerprint density at radius 1 is 1.17 bits per heavy atom. The van der Waals surface area contributed by atoms with Crippen LogP contribution in [0.15, 0.2) is 42.6 Å². The van der Waals surface area contributed by atoms with Gasteiger partial charge in [-0.05, 0) is 24.1 Å². The topological polar surface area (TPSA) is 36.4 Å². The molecule has 0 saturated carbocycles. The van der Waals surface area contributed by atoms with Crippen molar-refractivity contribution < 1.29 is 5.11 Å². The lowest BCUT2D eigenvalue weighted by Gasteiger charge is -2.17. The van der Waals surface area contributed by atoms with Gasteiger partial charge in [-0.25, -0.2) is 4.98 Å². The van der Waals surface area contributed by atoms with E-state index in [1.807, 2.05) is 62.3 Å². The normalized spacial score (nSPS) is 12.2. The molecule has 0 saturated heterocycles. The van der Waals surface area contributed by atoms with E-state index in [2.05, 4.69) is 4.98 Å². The van der Waals surface area contributed by atoms with Crippen molar-refractivity contribution in [3.63, 3.8) is 0 Å². The number of aliphatic hydroxyl groups excluding tert-OH is 1. The van der Waals surface area contributed by atoms with Gasteiger partial charge < -0.3 is 10.0 Å². The summed E-state index contributed by atoms with van der Waals surface area (Å²) in [6.07, 6.45) is 1.14. The van der Waals surface area contributed by atoms with E-state index in [9.17, 15) is 5.11 Å². The van der Waals surface area contributed by atoms with Gasteiger partial charge in [0.05, 0.1) is 0 Å². The smallest absolute Gasteiger partial charge is 0.128 e. The lowest BCUT2D eigenvalue weighted by Crippen LogP contribution is -2.12. The van der Waals surface area contributed by atoms with Crippen LogP contribution in [0.3, 0.4) is 0 Å². The molecule has 3 nitrogen and oxygen atoms in total. The molecular weight excluding hydrogens is 224 g/mol. The van der Waals surface area contributed by atoms with Gasteiger partial charge in [-0.2, -0.15) is 0 Å². The first-order chi connectivity index (χ1) is 8.59. The Labute approximate surface area is 108 Å². The summed E-state index contributed by atoms with van der Waals surface area (Å²) in [5.74, 6) is 0.900. The third-order valence-electron chi connectivity index (χ3n) is 3.00. The molecule has 1 atom stereocenters. The summed E-state index contributed by atoms with van der Waals surface area (Å²) in [4.78, 5) is 6.30. The lowest BCUT2D eigenvalue weighted by molar-refractivity contribution is 0.219. The second-order valence-corrected chi connectivity index (χ2v) is 4.61. The Balaban J connectivity index is 2.34. The highest BCUT2D eigenvalue weighted by atomic mass is 16.3. The third kappa shape index (κ3) is 2.51. The van der Waals surface area contributed by atoms with Crippen molar-refractivity contribution in [3.8, 4) is 0 Å². The fourth-order valence-electron chi connectivity index (χ4n) is 1.90. The van der Waals surface area contributed by atoms with E-state index in [0.717, 1.165) is 22.5 Å². The monoisotopic (exact) mass is 242 g/mol. The Hall–Kier alpha value is -1.87. The predicted octanol–water partition coefficient (Wildman–Crippen LogP) is 2.54. The first kappa shape index (κ1) is 12.6. The van der Waals surface area contributed by atoms with E-state index in [4.69, 9.17) is 0 Å². The molecule has 1 aromatic heterocycles. The molecule has 0 aliphatic rings. The van der Waals surface area contributed by atoms with Crippen molar-refractivity contribution in [3.05, 3.63) is 59.3 Å². The highest BCUT2D eigenvalue weighted by Gasteiger charge is 2.13. The number of nitrogens with zero attached hydrogens (tertiary/aromatic N) is 2. The average Bonchev–Trinajstić information content (AvgIpc) is 2.38. The number of rotatable bonds is 3. The number of benzene rings is 1. The summed E-state index contributed by atoms with van der Waals surface area (Å²) in [5.41, 5.74) is 2.79. The van der Waals surface area contributed by atoms with Gasteiger partial charge >= 0.3 is 0 Å². The highest BCUT2D eigenvalue weighted by molar-refractivity contribution is 5.44. The molecule has 2 aromatic rings. The van der Waals surface area contributed by atoms with Crippen LogP contribution in [0.5, 0.6) is 0 Å². The minimum Gasteiger partial charge on any atom is -0.384 e. The number of aryl methyl sites for hydroxylation is 1. The van der Waals surface area contributed by atoms with Gasteiger partial charge in [-0.3, -0.25) is 0 Å². The number of aliphatic hydroxyl groups is 1. The van der Waals surface area contributed by atoms with Gasteiger partial charge in [0.1, 0.15) is 11.9 Å². The maximum atomic E-state index is 10.3. The largest absolute Gasteiger partial charge is 0.384 e. The molecule has 3 heteroatoms. The van der Waals surface area contributed by atoms with E-state index >= 15 is 0 Å². The summed E-state index contributed by atoms with van der Waals surface area (Å²) in [6, 6.07) is 11.6. The minimum absolute atomic E-state index is 0.616. The molecule has 1 aromatic carbocycles. The zero-order valence-electron chi connectivity index (χ0n) is 11.0. The molecule has 1 unspecified atom stereocenters. The molecule has 0 aliphatic heterocycles. The number of hydrogen-bond donors (Lipinski definition) is 1. The van der Waals surface area contributed by atoms with Crippen LogP contribution in [-0.2, 0) is 0 Å². The van der Waals surface area contributed by atoms with Crippen molar-refractivity contribution in [2.45, 2.75) is 13.0 Å². The van der Waals surface area contributed by atoms with Gasteiger partial charge in [0.25, 0.3) is 0 Å². The maximum absolute atomic E-state index is 10.3. The molecule has 0 aliphatic carbocycles. The molecule has 94 valence electrons. The van der Waals surface area contributed by atoms with Gasteiger partial charge in [-0.1, -0.05) is 30.3 Å². The molecule has 1 heterocycles. The van der Waals surface area contributed by atoms with Crippen molar-refractivity contribution in [2.75, 3.05) is 19.0 Å². The molecule has 0 spiro atoms. The Bertz CT molecular complexity index is 523. The van der Waals surface area contributed by atoms with Gasteiger partial charge in [0.2, 0.25) is 0 Å². The second-order valence-electron chi connectivity index (χ2n) is 4.61. The summed E-state index contributed by atoms with van der Waals surface area (Å²) in [6.45, 7) is 2.00. The van der Waals surface area contributed by atoms with E-state index in [1.165, 1.54) is 0 Å². The van der Waals surface area contributed by atoms with E-state index in [0.29, 0.717) is 0 Å². The van der Waals surface area contributed by atoms with Crippen LogP contribution in [0, 0.1) is 6.92 Å². The average molecular weight is 242 g/mol. The zero-order valence-corrected chi connectivity index (χ0v) is 11.0. The van der Waals surface area contributed by atoms with Crippen LogP contribution < -0.4 is 4.90 Å². The van der Waals surface area contributed by atoms with E-state index in [-0.39, 0.29) is 0 Å². The minimum atomic E-state index is -0.616. The predicted molar refractivity (Wildman–Crippen MR) is 73.8 cm³/mol. The molecule has 2 rings (SSSR count). The fraction of sp³-hybridized carbons (Fsp3) is 0.267. The molecule has 0 radical (unpaired) electrons. The highest BCUT2D eigenvalue weighted by Crippen LogP contribution is 2.25. The number of hydrogen-bond acceptors (Lipinski definition) is 3. The summed E-state index contributed by atoms with van der Waals surface area (Å²) in [7, 11) is 3.91. The zero-order chi connectivity index (χ0) is 13.1. The van der Waals surface area contributed by atoms with Gasteiger partial charge in [-0.15, -0.1) is 0 Å². The summed E-state index contributed by atoms with van der Waals surface area (Å²) in [5, 5.41) is 10.3. The van der Waals surface area contributed by atoms with Crippen LogP contribution in [0.2, 0.25) is 0 Å². The SMILES string of the molecule is Cc1cc(N(C)C)ncc1C(O)c1ccccc1. The molecule has 0 bridgehead atoms. The number of anilines is 1. The number of aromatic nitrogens is 1. The fourth-order valence-corrected chi connectivity index (χ4v) is 1.90. The van der Waals surface area contributed by atoms with Crippen molar-refractivity contribution in [2.24, 2.45) is 0 Å². The second kappa shape index (κ2) is 5.19. The van der Waals surface area contributed by atoms with Crippen molar-refractivity contribution in [1.29, 1.82) is 0 Å². The van der Waals surface area contributed by atoms with Crippen LogP contribution in [0.1, 0.15) is 22.8 Å². The Morgan fingerprint density at radius 3 is 2.39 bits per heavy atom. The lowest BCUT2D eigenvalue weighted by atomic mass is 9.99. The van der Waals surface area contributed by atoms with Gasteiger partial charge in [0.15, 0.2) is 0 Å². The van der Waals surface area contributed by atoms with Crippen LogP contribution in [0.25, 0.3) is 0 Å². The molecule has 18 heavy (non-hydrogen) atoms. The van der Waals surface area contributed by atoms with Crippen LogP contribution >= 0.6 is 0 Å². The summed E-state index contributed by atoms with van der Waals surface area (Å²) >= 11 is 0. The van der Waals surface area contributed by atoms with Crippen molar-refractivity contribution >= 4 is 5.82 Å². The molecule has 0 fully saturated rings. The first-order valence-electron chi connectivity index (χ1n) is 5.96. The quantitative estimate of drug-likeness (QED) is 0.898. The van der Waals surface area contributed by atoms with E-state index in [1.54, 1.807) is 6.20 Å². The molecule has 1 N–H and O–H groups in total. The molecular formula is C15H18N2O. The maximum Gasteiger partial charge on any atom is 0.128 e. The molecule has 0 amide bonds. The Morgan fingerprint density at radius 2 is 1.83 bits per heavy atom. The van der Waals surface area contributed by atoms with Crippen LogP contribution in [0.4, 0.5) is 5.82 Å².